The minimum atomic E-state index is 0.377. The largest absolute Gasteiger partial charge is 0.328 e. The predicted octanol–water partition coefficient (Wildman–Crippen LogP) is 0.836. The van der Waals surface area contributed by atoms with E-state index in [0.29, 0.717) is 12.1 Å². The Morgan fingerprint density at radius 3 is 3.13 bits per heavy atom. The van der Waals surface area contributed by atoms with Gasteiger partial charge >= 0.3 is 0 Å². The Bertz CT molecular complexity index is 288. The highest BCUT2D eigenvalue weighted by Gasteiger charge is 2.18. The van der Waals surface area contributed by atoms with Crippen LogP contribution in [0.5, 0.6) is 0 Å². The van der Waals surface area contributed by atoms with Gasteiger partial charge in [0.25, 0.3) is 0 Å². The van der Waals surface area contributed by atoms with Gasteiger partial charge in [-0.2, -0.15) is 0 Å². The monoisotopic (exact) mass is 206 g/mol. The zero-order chi connectivity index (χ0) is 10.5. The van der Waals surface area contributed by atoms with Crippen LogP contribution in [-0.4, -0.2) is 22.1 Å². The number of hydrogen-bond acceptors (Lipinski definition) is 4. The highest BCUT2D eigenvalue weighted by molar-refractivity contribution is 4.97. The van der Waals surface area contributed by atoms with Crippen molar-refractivity contribution in [1.29, 1.82) is 0 Å². The van der Waals surface area contributed by atoms with E-state index in [1.807, 2.05) is 6.07 Å². The third kappa shape index (κ3) is 3.25. The highest BCUT2D eigenvalue weighted by atomic mass is 14.9. The first-order valence-electron chi connectivity index (χ1n) is 5.58. The molecule has 0 aliphatic heterocycles. The Kier molecular flexibility index (Phi) is 3.64. The Labute approximate surface area is 90.3 Å². The van der Waals surface area contributed by atoms with Crippen molar-refractivity contribution in [3.05, 3.63) is 24.3 Å². The first-order chi connectivity index (χ1) is 7.34. The van der Waals surface area contributed by atoms with Gasteiger partial charge in [0.15, 0.2) is 0 Å². The number of nitrogens with zero attached hydrogens (tertiary/aromatic N) is 2. The summed E-state index contributed by atoms with van der Waals surface area (Å²) in [6.07, 6.45) is 8.10. The van der Waals surface area contributed by atoms with E-state index in [0.717, 1.165) is 18.7 Å². The van der Waals surface area contributed by atoms with Gasteiger partial charge < -0.3 is 11.1 Å². The summed E-state index contributed by atoms with van der Waals surface area (Å²) in [7, 11) is 0. The second-order valence-electron chi connectivity index (χ2n) is 4.21. The molecule has 1 saturated carbocycles. The molecule has 1 fully saturated rings. The van der Waals surface area contributed by atoms with Gasteiger partial charge in [-0.1, -0.05) is 6.42 Å². The Morgan fingerprint density at radius 1 is 1.47 bits per heavy atom. The van der Waals surface area contributed by atoms with Crippen molar-refractivity contribution in [3.8, 4) is 0 Å². The first kappa shape index (κ1) is 10.5. The molecule has 3 N–H and O–H groups in total. The van der Waals surface area contributed by atoms with E-state index in [-0.39, 0.29) is 0 Å². The van der Waals surface area contributed by atoms with E-state index >= 15 is 0 Å². The average molecular weight is 206 g/mol. The summed E-state index contributed by atoms with van der Waals surface area (Å²) in [5.41, 5.74) is 6.97. The normalized spacial score (nSPS) is 26.5. The second kappa shape index (κ2) is 5.19. The maximum atomic E-state index is 5.93. The second-order valence-corrected chi connectivity index (χ2v) is 4.21. The summed E-state index contributed by atoms with van der Waals surface area (Å²) >= 11 is 0. The van der Waals surface area contributed by atoms with Crippen molar-refractivity contribution in [2.45, 2.75) is 44.3 Å². The summed E-state index contributed by atoms with van der Waals surface area (Å²) in [5.74, 6) is 0. The lowest BCUT2D eigenvalue weighted by atomic mass is 9.91. The summed E-state index contributed by atoms with van der Waals surface area (Å²) in [4.78, 5) is 8.07. The van der Waals surface area contributed by atoms with Crippen LogP contribution in [0.1, 0.15) is 31.4 Å². The van der Waals surface area contributed by atoms with Gasteiger partial charge in [-0.05, 0) is 25.3 Å². The molecule has 0 saturated heterocycles. The molecule has 82 valence electrons. The van der Waals surface area contributed by atoms with Gasteiger partial charge in [-0.15, -0.1) is 0 Å². The molecule has 1 aromatic rings. The smallest absolute Gasteiger partial charge is 0.115 e. The van der Waals surface area contributed by atoms with Crippen LogP contribution in [0.2, 0.25) is 0 Å². The molecule has 4 nitrogen and oxygen atoms in total. The third-order valence-corrected chi connectivity index (χ3v) is 2.93. The van der Waals surface area contributed by atoms with Crippen LogP contribution in [0.15, 0.2) is 18.6 Å². The van der Waals surface area contributed by atoms with Crippen LogP contribution in [0, 0.1) is 0 Å². The van der Waals surface area contributed by atoms with Crippen LogP contribution >= 0.6 is 0 Å². The molecule has 0 bridgehead atoms. The lowest BCUT2D eigenvalue weighted by molar-refractivity contribution is 0.337. The molecular weight excluding hydrogens is 188 g/mol. The van der Waals surface area contributed by atoms with Crippen molar-refractivity contribution >= 4 is 0 Å². The molecule has 2 rings (SSSR count). The maximum absolute atomic E-state index is 5.93. The number of nitrogens with one attached hydrogen (secondary N) is 1. The fraction of sp³-hybridized carbons (Fsp3) is 0.636. The molecule has 1 aliphatic rings. The van der Waals surface area contributed by atoms with Crippen LogP contribution in [0.25, 0.3) is 0 Å². The molecular formula is C11H18N4. The Morgan fingerprint density at radius 2 is 2.40 bits per heavy atom. The predicted molar refractivity (Wildman–Crippen MR) is 59.1 cm³/mol. The third-order valence-electron chi connectivity index (χ3n) is 2.93. The van der Waals surface area contributed by atoms with Crippen molar-refractivity contribution in [3.63, 3.8) is 0 Å². The molecule has 0 amide bonds. The molecule has 1 aromatic heterocycles. The maximum Gasteiger partial charge on any atom is 0.115 e. The van der Waals surface area contributed by atoms with Gasteiger partial charge in [0, 0.05) is 24.8 Å². The topological polar surface area (TPSA) is 63.8 Å². The van der Waals surface area contributed by atoms with Crippen molar-refractivity contribution in [2.75, 3.05) is 0 Å². The number of rotatable bonds is 3. The molecule has 0 aromatic carbocycles. The van der Waals surface area contributed by atoms with Gasteiger partial charge in [0.1, 0.15) is 6.33 Å². The van der Waals surface area contributed by atoms with E-state index in [1.54, 1.807) is 12.5 Å². The van der Waals surface area contributed by atoms with Crippen LogP contribution in [0.3, 0.4) is 0 Å². The van der Waals surface area contributed by atoms with E-state index in [4.69, 9.17) is 5.73 Å². The summed E-state index contributed by atoms with van der Waals surface area (Å²) < 4.78 is 0. The average Bonchev–Trinajstić information content (AvgIpc) is 2.28. The quantitative estimate of drug-likeness (QED) is 0.769. The van der Waals surface area contributed by atoms with E-state index in [9.17, 15) is 0 Å². The van der Waals surface area contributed by atoms with Crippen molar-refractivity contribution < 1.29 is 0 Å². The number of hydrogen-bond donors (Lipinski definition) is 2. The zero-order valence-corrected chi connectivity index (χ0v) is 8.89. The molecule has 1 aliphatic carbocycles. The van der Waals surface area contributed by atoms with Crippen LogP contribution < -0.4 is 11.1 Å². The lowest BCUT2D eigenvalue weighted by Crippen LogP contribution is -2.39. The highest BCUT2D eigenvalue weighted by Crippen LogP contribution is 2.16. The minimum absolute atomic E-state index is 0.377. The molecule has 2 unspecified atom stereocenters. The van der Waals surface area contributed by atoms with E-state index in [2.05, 4.69) is 15.3 Å². The molecule has 0 radical (unpaired) electrons. The summed E-state index contributed by atoms with van der Waals surface area (Å²) in [6.45, 7) is 0.819. The van der Waals surface area contributed by atoms with Gasteiger partial charge in [-0.25, -0.2) is 9.97 Å². The molecule has 0 spiro atoms. The minimum Gasteiger partial charge on any atom is -0.328 e. The summed E-state index contributed by atoms with van der Waals surface area (Å²) in [6, 6.07) is 2.88. The molecule has 1 heterocycles. The first-order valence-corrected chi connectivity index (χ1v) is 5.58. The zero-order valence-electron chi connectivity index (χ0n) is 8.89. The Balaban J connectivity index is 1.78. The Hall–Kier alpha value is -1.00. The lowest BCUT2D eigenvalue weighted by Gasteiger charge is -2.27. The van der Waals surface area contributed by atoms with Gasteiger partial charge in [0.05, 0.1) is 5.69 Å². The summed E-state index contributed by atoms with van der Waals surface area (Å²) in [5, 5.41) is 3.50. The number of nitrogens with two attached hydrogens (primary N) is 1. The van der Waals surface area contributed by atoms with Gasteiger partial charge in [-0.3, -0.25) is 0 Å². The standard InChI is InChI=1S/C11H18N4/c12-9-2-1-3-10(6-9)14-7-11-4-5-13-8-15-11/h4-5,8-10,14H,1-3,6-7,12H2. The molecule has 2 atom stereocenters. The van der Waals surface area contributed by atoms with Crippen molar-refractivity contribution in [2.24, 2.45) is 5.73 Å². The van der Waals surface area contributed by atoms with Gasteiger partial charge in [0.2, 0.25) is 0 Å². The van der Waals surface area contributed by atoms with E-state index < -0.39 is 0 Å². The van der Waals surface area contributed by atoms with Crippen molar-refractivity contribution in [1.82, 2.24) is 15.3 Å². The fourth-order valence-electron chi connectivity index (χ4n) is 2.08. The SMILES string of the molecule is NC1CCCC(NCc2ccncn2)C1. The van der Waals surface area contributed by atoms with E-state index in [1.165, 1.54) is 19.3 Å². The number of aromatic nitrogens is 2. The van der Waals surface area contributed by atoms with Crippen LogP contribution in [0.4, 0.5) is 0 Å². The fourth-order valence-corrected chi connectivity index (χ4v) is 2.08. The van der Waals surface area contributed by atoms with Crippen LogP contribution in [-0.2, 0) is 6.54 Å². The molecule has 4 heteroatoms. The molecule has 15 heavy (non-hydrogen) atoms.